The van der Waals surface area contributed by atoms with Crippen molar-refractivity contribution in [1.29, 1.82) is 0 Å². The number of anilines is 1. The van der Waals surface area contributed by atoms with E-state index in [1.165, 1.54) is 6.07 Å². The molecular formula is C21H25FN4O3. The van der Waals surface area contributed by atoms with E-state index in [1.54, 1.807) is 31.5 Å². The van der Waals surface area contributed by atoms with Gasteiger partial charge in [-0.3, -0.25) is 14.7 Å². The normalized spacial score (nSPS) is 15.6. The Morgan fingerprint density at radius 2 is 1.93 bits per heavy atom. The molecule has 2 heterocycles. The second kappa shape index (κ2) is 9.97. The molecule has 1 amide bonds. The van der Waals surface area contributed by atoms with Crippen LogP contribution in [0.1, 0.15) is 18.5 Å². The van der Waals surface area contributed by atoms with Crippen LogP contribution >= 0.6 is 0 Å². The Kier molecular flexibility index (Phi) is 7.13. The van der Waals surface area contributed by atoms with E-state index in [1.807, 2.05) is 23.1 Å². The number of esters is 1. The lowest BCUT2D eigenvalue weighted by molar-refractivity contribution is -0.154. The van der Waals surface area contributed by atoms with Crippen molar-refractivity contribution in [1.82, 2.24) is 15.2 Å². The fourth-order valence-electron chi connectivity index (χ4n) is 3.47. The number of halogens is 1. The van der Waals surface area contributed by atoms with Crippen LogP contribution in [0, 0.1) is 5.82 Å². The molecule has 1 unspecified atom stereocenters. The molecule has 0 spiro atoms. The molecule has 1 aliphatic heterocycles. The van der Waals surface area contributed by atoms with Crippen molar-refractivity contribution < 1.29 is 18.7 Å². The van der Waals surface area contributed by atoms with Gasteiger partial charge in [-0.2, -0.15) is 0 Å². The van der Waals surface area contributed by atoms with Crippen LogP contribution in [-0.4, -0.2) is 61.1 Å². The summed E-state index contributed by atoms with van der Waals surface area (Å²) in [6, 6.07) is 10.4. The lowest BCUT2D eigenvalue weighted by atomic mass is 10.1. The molecule has 154 valence electrons. The first kappa shape index (κ1) is 20.7. The van der Waals surface area contributed by atoms with Gasteiger partial charge >= 0.3 is 11.9 Å². The van der Waals surface area contributed by atoms with Crippen molar-refractivity contribution in [2.75, 3.05) is 44.2 Å². The zero-order chi connectivity index (χ0) is 20.6. The number of para-hydroxylation sites is 1. The molecule has 1 fully saturated rings. The topological polar surface area (TPSA) is 74.8 Å². The van der Waals surface area contributed by atoms with Crippen LogP contribution in [0.15, 0.2) is 48.8 Å². The van der Waals surface area contributed by atoms with Crippen molar-refractivity contribution in [3.05, 3.63) is 60.2 Å². The van der Waals surface area contributed by atoms with Crippen LogP contribution in [0.4, 0.5) is 10.1 Å². The Labute approximate surface area is 169 Å². The fraction of sp³-hybridized carbons (Fsp3) is 0.381. The van der Waals surface area contributed by atoms with Crippen molar-refractivity contribution in [2.45, 2.75) is 13.0 Å². The molecule has 1 saturated heterocycles. The van der Waals surface area contributed by atoms with Crippen LogP contribution in [0.5, 0.6) is 0 Å². The summed E-state index contributed by atoms with van der Waals surface area (Å²) in [6.07, 6.45) is 3.44. The van der Waals surface area contributed by atoms with E-state index in [-0.39, 0.29) is 25.0 Å². The highest BCUT2D eigenvalue weighted by Crippen LogP contribution is 2.25. The van der Waals surface area contributed by atoms with Gasteiger partial charge in [0.2, 0.25) is 0 Å². The third-order valence-corrected chi connectivity index (χ3v) is 4.93. The van der Waals surface area contributed by atoms with Gasteiger partial charge in [-0.1, -0.05) is 18.2 Å². The number of ether oxygens (including phenoxy) is 1. The summed E-state index contributed by atoms with van der Waals surface area (Å²) in [6.45, 7) is 4.73. The predicted molar refractivity (Wildman–Crippen MR) is 107 cm³/mol. The summed E-state index contributed by atoms with van der Waals surface area (Å²) in [7, 11) is 0. The molecule has 0 saturated carbocycles. The molecule has 1 aromatic heterocycles. The van der Waals surface area contributed by atoms with Crippen molar-refractivity contribution >= 4 is 17.6 Å². The zero-order valence-electron chi connectivity index (χ0n) is 16.4. The number of nitrogens with zero attached hydrogens (tertiary/aromatic N) is 3. The second-order valence-electron chi connectivity index (χ2n) is 6.71. The number of nitrogens with one attached hydrogen (secondary N) is 1. The minimum Gasteiger partial charge on any atom is -0.459 e. The lowest BCUT2D eigenvalue weighted by Crippen LogP contribution is -2.50. The van der Waals surface area contributed by atoms with E-state index >= 15 is 0 Å². The Morgan fingerprint density at radius 3 is 2.59 bits per heavy atom. The molecule has 0 radical (unpaired) electrons. The van der Waals surface area contributed by atoms with E-state index in [0.29, 0.717) is 31.9 Å². The molecule has 0 aliphatic carbocycles. The van der Waals surface area contributed by atoms with Crippen molar-refractivity contribution in [3.8, 4) is 0 Å². The number of piperazine rings is 1. The highest BCUT2D eigenvalue weighted by atomic mass is 19.1. The van der Waals surface area contributed by atoms with Crippen molar-refractivity contribution in [2.24, 2.45) is 0 Å². The van der Waals surface area contributed by atoms with Gasteiger partial charge in [0.05, 0.1) is 18.3 Å². The van der Waals surface area contributed by atoms with Crippen LogP contribution < -0.4 is 10.2 Å². The number of rotatable bonds is 6. The van der Waals surface area contributed by atoms with Gasteiger partial charge < -0.3 is 15.0 Å². The number of benzene rings is 1. The van der Waals surface area contributed by atoms with E-state index < -0.39 is 11.9 Å². The van der Waals surface area contributed by atoms with Gasteiger partial charge in [-0.25, -0.2) is 9.18 Å². The number of amides is 1. The highest BCUT2D eigenvalue weighted by molar-refractivity contribution is 6.32. The van der Waals surface area contributed by atoms with Crippen LogP contribution in [-0.2, 0) is 14.3 Å². The van der Waals surface area contributed by atoms with E-state index in [0.717, 1.165) is 5.56 Å². The molecule has 1 aromatic carbocycles. The molecule has 29 heavy (non-hydrogen) atoms. The number of hydrogen-bond acceptors (Lipinski definition) is 6. The molecule has 7 nitrogen and oxygen atoms in total. The summed E-state index contributed by atoms with van der Waals surface area (Å²) >= 11 is 0. The molecule has 3 rings (SSSR count). The zero-order valence-corrected chi connectivity index (χ0v) is 16.4. The Balaban J connectivity index is 1.67. The number of hydrogen-bond donors (Lipinski definition) is 1. The molecule has 1 N–H and O–H groups in total. The molecule has 1 aliphatic rings. The average molecular weight is 400 g/mol. The summed E-state index contributed by atoms with van der Waals surface area (Å²) in [5, 5.41) is 2.66. The van der Waals surface area contributed by atoms with E-state index in [9.17, 15) is 14.0 Å². The first-order chi connectivity index (χ1) is 14.1. The smallest absolute Gasteiger partial charge is 0.396 e. The molecule has 1 atom stereocenters. The summed E-state index contributed by atoms with van der Waals surface area (Å²) in [4.78, 5) is 32.0. The lowest BCUT2D eigenvalue weighted by Gasteiger charge is -2.40. The molecule has 2 aromatic rings. The third kappa shape index (κ3) is 5.29. The minimum atomic E-state index is -0.887. The maximum Gasteiger partial charge on any atom is 0.396 e. The SMILES string of the molecule is CCOC(=O)C(=O)NCC(c1cccnc1)N1CCN(c2ccccc2F)CC1. The maximum absolute atomic E-state index is 14.1. The van der Waals surface area contributed by atoms with Gasteiger partial charge in [0.15, 0.2) is 0 Å². The molecule has 8 heteroatoms. The summed E-state index contributed by atoms with van der Waals surface area (Å²) in [5.41, 5.74) is 1.54. The Bertz CT molecular complexity index is 826. The monoisotopic (exact) mass is 400 g/mol. The minimum absolute atomic E-state index is 0.148. The molecule has 0 bridgehead atoms. The standard InChI is InChI=1S/C21H25FN4O3/c1-2-29-21(28)20(27)24-15-19(16-6-5-9-23-14-16)26-12-10-25(11-13-26)18-8-4-3-7-17(18)22/h3-9,14,19H,2,10-13,15H2,1H3,(H,24,27). The quantitative estimate of drug-likeness (QED) is 0.588. The van der Waals surface area contributed by atoms with Crippen LogP contribution in [0.3, 0.4) is 0 Å². The number of carbonyl (C=O) groups excluding carboxylic acids is 2. The van der Waals surface area contributed by atoms with E-state index in [2.05, 4.69) is 15.2 Å². The first-order valence-corrected chi connectivity index (χ1v) is 9.68. The second-order valence-corrected chi connectivity index (χ2v) is 6.71. The van der Waals surface area contributed by atoms with Gasteiger partial charge in [0.25, 0.3) is 0 Å². The average Bonchev–Trinajstić information content (AvgIpc) is 2.75. The third-order valence-electron chi connectivity index (χ3n) is 4.93. The first-order valence-electron chi connectivity index (χ1n) is 9.68. The van der Waals surface area contributed by atoms with Crippen LogP contribution in [0.25, 0.3) is 0 Å². The fourth-order valence-corrected chi connectivity index (χ4v) is 3.47. The number of aromatic nitrogens is 1. The van der Waals surface area contributed by atoms with Gasteiger partial charge in [-0.15, -0.1) is 0 Å². The van der Waals surface area contributed by atoms with Crippen molar-refractivity contribution in [3.63, 3.8) is 0 Å². The summed E-state index contributed by atoms with van der Waals surface area (Å²) in [5.74, 6) is -1.88. The van der Waals surface area contributed by atoms with Gasteiger partial charge in [-0.05, 0) is 30.7 Å². The summed E-state index contributed by atoms with van der Waals surface area (Å²) < 4.78 is 18.8. The maximum atomic E-state index is 14.1. The Morgan fingerprint density at radius 1 is 1.17 bits per heavy atom. The largest absolute Gasteiger partial charge is 0.459 e. The molecular weight excluding hydrogens is 375 g/mol. The van der Waals surface area contributed by atoms with Crippen LogP contribution in [0.2, 0.25) is 0 Å². The highest BCUT2D eigenvalue weighted by Gasteiger charge is 2.27. The number of carbonyl (C=O) groups is 2. The predicted octanol–water partition coefficient (Wildman–Crippen LogP) is 1.76. The van der Waals surface area contributed by atoms with Gasteiger partial charge in [0.1, 0.15) is 5.82 Å². The number of pyridine rings is 1. The van der Waals surface area contributed by atoms with E-state index in [4.69, 9.17) is 4.74 Å². The van der Waals surface area contributed by atoms with Gasteiger partial charge in [0, 0.05) is 45.1 Å². The Hall–Kier alpha value is -3.00.